The molecule has 8 heteroatoms. The van der Waals surface area contributed by atoms with Crippen molar-refractivity contribution in [3.63, 3.8) is 0 Å². The van der Waals surface area contributed by atoms with E-state index in [2.05, 4.69) is 4.98 Å². The zero-order chi connectivity index (χ0) is 18.6. The average Bonchev–Trinajstić information content (AvgIpc) is 2.59. The maximum atomic E-state index is 13.9. The first-order valence-corrected chi connectivity index (χ1v) is 9.79. The van der Waals surface area contributed by atoms with Gasteiger partial charge in [0, 0.05) is 24.7 Å². The number of sulfonamides is 1. The summed E-state index contributed by atoms with van der Waals surface area (Å²) in [5.41, 5.74) is 0.389. The molecule has 0 saturated carbocycles. The highest BCUT2D eigenvalue weighted by Crippen LogP contribution is 2.22. The van der Waals surface area contributed by atoms with Gasteiger partial charge in [-0.1, -0.05) is 31.5 Å². The van der Waals surface area contributed by atoms with Crippen molar-refractivity contribution < 1.29 is 17.8 Å². The molecule has 0 atom stereocenters. The van der Waals surface area contributed by atoms with Crippen LogP contribution in [0.25, 0.3) is 0 Å². The van der Waals surface area contributed by atoms with E-state index in [1.54, 1.807) is 50.1 Å². The molecule has 2 rings (SSSR count). The molecule has 1 aromatic carbocycles. The Labute approximate surface area is 153 Å². The Morgan fingerprint density at radius 1 is 1.16 bits per heavy atom. The van der Waals surface area contributed by atoms with Crippen LogP contribution in [-0.4, -0.2) is 32.9 Å². The fourth-order valence-corrected chi connectivity index (χ4v) is 4.17. The number of aromatic amines is 1. The predicted octanol–water partition coefficient (Wildman–Crippen LogP) is 2.96. The molecule has 0 fully saturated rings. The smallest absolute Gasteiger partial charge is 0.260 e. The Bertz CT molecular complexity index is 804. The second kappa shape index (κ2) is 8.12. The van der Waals surface area contributed by atoms with Crippen LogP contribution in [0.1, 0.15) is 19.4 Å². The topological polar surface area (TPSA) is 54.8 Å². The van der Waals surface area contributed by atoms with E-state index in [4.69, 9.17) is 11.6 Å². The normalized spacial score (nSPS) is 11.8. The van der Waals surface area contributed by atoms with Crippen molar-refractivity contribution in [2.45, 2.75) is 25.3 Å². The molecule has 1 aromatic heterocycles. The molecule has 0 aliphatic carbocycles. The van der Waals surface area contributed by atoms with Crippen LogP contribution in [0.5, 0.6) is 0 Å². The molecule has 0 saturated heterocycles. The highest BCUT2D eigenvalue weighted by Gasteiger charge is 2.24. The van der Waals surface area contributed by atoms with Gasteiger partial charge in [-0.25, -0.2) is 17.8 Å². The molecule has 0 bridgehead atoms. The van der Waals surface area contributed by atoms with Gasteiger partial charge in [0.2, 0.25) is 10.0 Å². The van der Waals surface area contributed by atoms with Crippen molar-refractivity contribution in [2.75, 3.05) is 25.0 Å². The number of hydrogen-bond donors (Lipinski definition) is 0. The first-order valence-electron chi connectivity index (χ1n) is 7.97. The van der Waals surface area contributed by atoms with Crippen molar-refractivity contribution in [3.05, 3.63) is 52.9 Å². The van der Waals surface area contributed by atoms with Crippen molar-refractivity contribution in [2.24, 2.45) is 0 Å². The van der Waals surface area contributed by atoms with Crippen LogP contribution < -0.4 is 9.88 Å². The van der Waals surface area contributed by atoms with Gasteiger partial charge < -0.3 is 0 Å². The third kappa shape index (κ3) is 4.29. The van der Waals surface area contributed by atoms with Crippen LogP contribution in [-0.2, 0) is 16.6 Å². The maximum absolute atomic E-state index is 13.9. The van der Waals surface area contributed by atoms with E-state index in [0.717, 1.165) is 0 Å². The van der Waals surface area contributed by atoms with Gasteiger partial charge in [0.15, 0.2) is 0 Å². The third-order valence-corrected chi connectivity index (χ3v) is 6.38. The van der Waals surface area contributed by atoms with Gasteiger partial charge in [-0.3, -0.25) is 4.90 Å². The molecule has 0 unspecified atom stereocenters. The number of anilines is 1. The molecular formula is C17H22ClFN3O2S+. The molecule has 5 nitrogen and oxygen atoms in total. The molecule has 0 amide bonds. The highest BCUT2D eigenvalue weighted by molar-refractivity contribution is 7.89. The molecule has 25 heavy (non-hydrogen) atoms. The Kier molecular flexibility index (Phi) is 6.37. The Morgan fingerprint density at radius 2 is 1.84 bits per heavy atom. The molecule has 0 radical (unpaired) electrons. The third-order valence-electron chi connectivity index (χ3n) is 3.98. The van der Waals surface area contributed by atoms with Crippen LogP contribution in [0.2, 0.25) is 5.02 Å². The zero-order valence-corrected chi connectivity index (χ0v) is 16.0. The Balaban J connectivity index is 2.22. The molecule has 1 N–H and O–H groups in total. The van der Waals surface area contributed by atoms with Crippen LogP contribution in [0.4, 0.5) is 10.2 Å². The standard InChI is InChI=1S/C17H21ClFN3O2S/c1-4-22(5-2)25(23,24)13-9-10-17(20-11-13)21(3)12-14-15(18)7-6-8-16(14)19/h6-11H,4-5,12H2,1-3H3/p+1. The lowest BCUT2D eigenvalue weighted by Gasteiger charge is -2.18. The number of nitrogens with one attached hydrogen (secondary N) is 1. The molecule has 0 aliphatic heterocycles. The summed E-state index contributed by atoms with van der Waals surface area (Å²) in [6, 6.07) is 7.75. The second-order valence-electron chi connectivity index (χ2n) is 5.56. The molecule has 2 aromatic rings. The Morgan fingerprint density at radius 3 is 2.36 bits per heavy atom. The van der Waals surface area contributed by atoms with E-state index in [9.17, 15) is 12.8 Å². The quantitative estimate of drug-likeness (QED) is 0.735. The summed E-state index contributed by atoms with van der Waals surface area (Å²) in [6.07, 6.45) is 1.45. The first-order chi connectivity index (χ1) is 11.8. The number of nitrogens with zero attached hydrogens (tertiary/aromatic N) is 2. The number of hydrogen-bond acceptors (Lipinski definition) is 3. The summed E-state index contributed by atoms with van der Waals surface area (Å²) in [6.45, 7) is 4.67. The number of pyridine rings is 1. The predicted molar refractivity (Wildman–Crippen MR) is 96.6 cm³/mol. The van der Waals surface area contributed by atoms with Crippen LogP contribution in [0.15, 0.2) is 41.4 Å². The fourth-order valence-electron chi connectivity index (χ4n) is 2.52. The summed E-state index contributed by atoms with van der Waals surface area (Å²) in [5, 5.41) is 0.354. The number of aromatic nitrogens is 1. The lowest BCUT2D eigenvalue weighted by molar-refractivity contribution is -0.367. The largest absolute Gasteiger partial charge is 0.274 e. The van der Waals surface area contributed by atoms with Gasteiger partial charge in [-0.05, 0) is 18.2 Å². The number of benzene rings is 1. The molecule has 0 aliphatic rings. The number of rotatable bonds is 7. The molecular weight excluding hydrogens is 365 g/mol. The SMILES string of the molecule is CCN(CC)S(=O)(=O)c1ccc(N(C)Cc2c(F)cccc2Cl)[nH+]c1. The fraction of sp³-hybridized carbons (Fsp3) is 0.353. The van der Waals surface area contributed by atoms with E-state index in [1.807, 2.05) is 0 Å². The van der Waals surface area contributed by atoms with Crippen LogP contribution >= 0.6 is 11.6 Å². The van der Waals surface area contributed by atoms with Crippen LogP contribution in [0.3, 0.4) is 0 Å². The van der Waals surface area contributed by atoms with Gasteiger partial charge in [0.1, 0.15) is 23.5 Å². The van der Waals surface area contributed by atoms with Crippen molar-refractivity contribution in [3.8, 4) is 0 Å². The van der Waals surface area contributed by atoms with Gasteiger partial charge in [0.25, 0.3) is 5.82 Å². The minimum Gasteiger partial charge on any atom is -0.260 e. The summed E-state index contributed by atoms with van der Waals surface area (Å²) in [5.74, 6) is 0.276. The first kappa shape index (κ1) is 19.6. The lowest BCUT2D eigenvalue weighted by atomic mass is 10.2. The van der Waals surface area contributed by atoms with Crippen molar-refractivity contribution in [1.29, 1.82) is 0 Å². The van der Waals surface area contributed by atoms with Gasteiger partial charge in [0.05, 0.1) is 12.1 Å². The van der Waals surface area contributed by atoms with Crippen molar-refractivity contribution in [1.82, 2.24) is 4.31 Å². The van der Waals surface area contributed by atoms with E-state index >= 15 is 0 Å². The average molecular weight is 387 g/mol. The van der Waals surface area contributed by atoms with Crippen molar-refractivity contribution >= 4 is 27.4 Å². The zero-order valence-electron chi connectivity index (χ0n) is 14.5. The highest BCUT2D eigenvalue weighted by atomic mass is 35.5. The lowest BCUT2D eigenvalue weighted by Crippen LogP contribution is -2.32. The second-order valence-corrected chi connectivity index (χ2v) is 7.90. The number of halogens is 2. The maximum Gasteiger partial charge on any atom is 0.274 e. The summed E-state index contributed by atoms with van der Waals surface area (Å²) in [4.78, 5) is 4.91. The molecule has 1 heterocycles. The minimum atomic E-state index is -3.51. The Hall–Kier alpha value is -1.70. The summed E-state index contributed by atoms with van der Waals surface area (Å²) in [7, 11) is -1.74. The van der Waals surface area contributed by atoms with Crippen LogP contribution in [0, 0.1) is 5.82 Å². The summed E-state index contributed by atoms with van der Waals surface area (Å²) < 4.78 is 40.3. The molecule has 0 spiro atoms. The van der Waals surface area contributed by atoms with E-state index in [-0.39, 0.29) is 17.3 Å². The number of H-pyrrole nitrogens is 1. The van der Waals surface area contributed by atoms with E-state index in [0.29, 0.717) is 29.5 Å². The van der Waals surface area contributed by atoms with Gasteiger partial charge >= 0.3 is 0 Å². The van der Waals surface area contributed by atoms with E-state index in [1.165, 1.54) is 16.6 Å². The molecule has 136 valence electrons. The minimum absolute atomic E-state index is 0.192. The summed E-state index contributed by atoms with van der Waals surface area (Å²) >= 11 is 6.05. The monoisotopic (exact) mass is 386 g/mol. The van der Waals surface area contributed by atoms with Gasteiger partial charge in [-0.2, -0.15) is 4.31 Å². The van der Waals surface area contributed by atoms with E-state index < -0.39 is 10.0 Å². The van der Waals surface area contributed by atoms with Gasteiger partial charge in [-0.15, -0.1) is 0 Å².